The Kier molecular flexibility index (Phi) is 9.25. The average Bonchev–Trinajstić information content (AvgIpc) is 3.22. The number of carbonyl (C=O) groups excluding carboxylic acids is 1. The fraction of sp³-hybridized carbons (Fsp3) is 0.417. The fourth-order valence-corrected chi connectivity index (χ4v) is 6.67. The Morgan fingerprint density at radius 2 is 1.73 bits per heavy atom. The minimum atomic E-state index is -3.76. The Hall–Kier alpha value is -2.22. The van der Waals surface area contributed by atoms with Crippen LogP contribution in [0.25, 0.3) is 10.2 Å². The molecule has 3 aromatic rings. The molecule has 2 heterocycles. The third kappa shape index (κ3) is 6.44. The maximum absolute atomic E-state index is 14.2. The monoisotopic (exact) mass is 574 g/mol. The molecule has 1 amide bonds. The predicted octanol–water partition coefficient (Wildman–Crippen LogP) is 4.00. The SMILES string of the molecule is CC1CN(S(=O)(=O)c2ccc(C(=O)N(CCN(C)C)c3nc4c(F)cc(F)cc4s3)cc2)CC(C)O1.Cl. The number of benzene rings is 2. The number of fused-ring (bicyclic) bond motifs is 1. The number of aromatic nitrogens is 1. The van der Waals surface area contributed by atoms with E-state index in [-0.39, 0.29) is 65.4 Å². The lowest BCUT2D eigenvalue weighted by Crippen LogP contribution is -2.48. The standard InChI is InChI=1S/C24H28F2N4O4S2.ClH/c1-15-13-29(14-16(2)34-15)36(32,33)19-7-5-17(6-8-19)23(31)30(10-9-28(3)4)24-27-22-20(26)11-18(25)12-21(22)35-24;/h5-8,11-12,15-16H,9-10,13-14H2,1-4H3;1H. The van der Waals surface area contributed by atoms with E-state index in [1.54, 1.807) is 0 Å². The van der Waals surface area contributed by atoms with Crippen LogP contribution in [0.15, 0.2) is 41.3 Å². The molecule has 0 aliphatic carbocycles. The van der Waals surface area contributed by atoms with E-state index in [0.29, 0.717) is 11.2 Å². The van der Waals surface area contributed by atoms with Crippen LogP contribution in [-0.4, -0.2) is 81.0 Å². The van der Waals surface area contributed by atoms with Gasteiger partial charge in [-0.15, -0.1) is 12.4 Å². The summed E-state index contributed by atoms with van der Waals surface area (Å²) in [6, 6.07) is 7.67. The summed E-state index contributed by atoms with van der Waals surface area (Å²) >= 11 is 1.02. The number of thiazole rings is 1. The van der Waals surface area contributed by atoms with Gasteiger partial charge in [0.25, 0.3) is 5.91 Å². The van der Waals surface area contributed by atoms with E-state index < -0.39 is 27.6 Å². The Morgan fingerprint density at radius 3 is 2.32 bits per heavy atom. The predicted molar refractivity (Wildman–Crippen MR) is 142 cm³/mol. The highest BCUT2D eigenvalue weighted by molar-refractivity contribution is 7.89. The van der Waals surface area contributed by atoms with E-state index in [9.17, 15) is 22.0 Å². The van der Waals surface area contributed by atoms with Gasteiger partial charge in [0.15, 0.2) is 10.9 Å². The molecule has 0 bridgehead atoms. The maximum Gasteiger partial charge on any atom is 0.260 e. The van der Waals surface area contributed by atoms with Gasteiger partial charge in [-0.25, -0.2) is 22.2 Å². The summed E-state index contributed by atoms with van der Waals surface area (Å²) in [5, 5.41) is 0.231. The maximum atomic E-state index is 14.2. The van der Waals surface area contributed by atoms with E-state index in [1.165, 1.54) is 39.5 Å². The molecule has 0 spiro atoms. The molecule has 37 heavy (non-hydrogen) atoms. The highest BCUT2D eigenvalue weighted by Crippen LogP contribution is 2.32. The number of anilines is 1. The number of likely N-dealkylation sites (N-methyl/N-ethyl adjacent to an activating group) is 1. The molecule has 1 saturated heterocycles. The molecule has 0 N–H and O–H groups in total. The number of carbonyl (C=O) groups is 1. The molecule has 8 nitrogen and oxygen atoms in total. The zero-order valence-corrected chi connectivity index (χ0v) is 23.3. The Morgan fingerprint density at radius 1 is 1.11 bits per heavy atom. The van der Waals surface area contributed by atoms with Crippen LogP contribution in [0.1, 0.15) is 24.2 Å². The van der Waals surface area contributed by atoms with Crippen molar-refractivity contribution in [2.45, 2.75) is 31.0 Å². The lowest BCUT2D eigenvalue weighted by Gasteiger charge is -2.34. The Labute approximate surface area is 225 Å². The first kappa shape index (κ1) is 29.3. The first-order chi connectivity index (χ1) is 17.0. The smallest absolute Gasteiger partial charge is 0.260 e. The number of ether oxygens (including phenoxy) is 1. The number of hydrogen-bond acceptors (Lipinski definition) is 7. The van der Waals surface area contributed by atoms with E-state index in [4.69, 9.17) is 4.74 Å². The van der Waals surface area contributed by atoms with Crippen LogP contribution in [0.5, 0.6) is 0 Å². The van der Waals surface area contributed by atoms with Gasteiger partial charge in [-0.2, -0.15) is 4.31 Å². The lowest BCUT2D eigenvalue weighted by atomic mass is 10.2. The number of sulfonamides is 1. The van der Waals surface area contributed by atoms with Gasteiger partial charge in [0.2, 0.25) is 10.0 Å². The fourth-order valence-electron chi connectivity index (χ4n) is 4.05. The minimum absolute atomic E-state index is 0. The molecular formula is C24H29ClF2N4O4S2. The van der Waals surface area contributed by atoms with Crippen LogP contribution in [0.3, 0.4) is 0 Å². The van der Waals surface area contributed by atoms with Crippen molar-refractivity contribution in [1.82, 2.24) is 14.2 Å². The van der Waals surface area contributed by atoms with Gasteiger partial charge < -0.3 is 9.64 Å². The van der Waals surface area contributed by atoms with Gasteiger partial charge in [-0.05, 0) is 58.3 Å². The van der Waals surface area contributed by atoms with Crippen LogP contribution < -0.4 is 4.90 Å². The lowest BCUT2D eigenvalue weighted by molar-refractivity contribution is -0.0440. The number of halogens is 3. The van der Waals surface area contributed by atoms with Crippen molar-refractivity contribution >= 4 is 55.0 Å². The summed E-state index contributed by atoms with van der Waals surface area (Å²) in [4.78, 5) is 21.1. The summed E-state index contributed by atoms with van der Waals surface area (Å²) in [5.41, 5.74) is 0.247. The van der Waals surface area contributed by atoms with Gasteiger partial charge in [0, 0.05) is 37.8 Å². The van der Waals surface area contributed by atoms with Crippen LogP contribution in [0.2, 0.25) is 0 Å². The number of hydrogen-bond donors (Lipinski definition) is 0. The van der Waals surface area contributed by atoms with Gasteiger partial charge in [0.1, 0.15) is 11.3 Å². The van der Waals surface area contributed by atoms with Crippen molar-refractivity contribution in [1.29, 1.82) is 0 Å². The molecule has 1 aliphatic rings. The number of morpholine rings is 1. The topological polar surface area (TPSA) is 83.1 Å². The van der Waals surface area contributed by atoms with Gasteiger partial charge >= 0.3 is 0 Å². The second-order valence-corrected chi connectivity index (χ2v) is 12.0. The second-order valence-electron chi connectivity index (χ2n) is 9.09. The highest BCUT2D eigenvalue weighted by Gasteiger charge is 2.32. The van der Waals surface area contributed by atoms with E-state index >= 15 is 0 Å². The van der Waals surface area contributed by atoms with E-state index in [0.717, 1.165) is 17.4 Å². The van der Waals surface area contributed by atoms with Crippen molar-refractivity contribution in [3.05, 3.63) is 53.6 Å². The van der Waals surface area contributed by atoms with Gasteiger partial charge in [-0.1, -0.05) is 11.3 Å². The number of rotatable bonds is 7. The van der Waals surface area contributed by atoms with Crippen LogP contribution in [0, 0.1) is 11.6 Å². The largest absolute Gasteiger partial charge is 0.373 e. The molecule has 2 aromatic carbocycles. The summed E-state index contributed by atoms with van der Waals surface area (Å²) < 4.78 is 61.5. The zero-order valence-electron chi connectivity index (χ0n) is 20.8. The first-order valence-electron chi connectivity index (χ1n) is 11.4. The molecule has 2 unspecified atom stereocenters. The van der Waals surface area contributed by atoms with Crippen molar-refractivity contribution in [3.8, 4) is 0 Å². The third-order valence-electron chi connectivity index (χ3n) is 5.77. The molecule has 0 saturated carbocycles. The van der Waals surface area contributed by atoms with E-state index in [1.807, 2.05) is 32.8 Å². The Balaban J connectivity index is 0.00000380. The van der Waals surface area contributed by atoms with Gasteiger partial charge in [-0.3, -0.25) is 9.69 Å². The van der Waals surface area contributed by atoms with Gasteiger partial charge in [0.05, 0.1) is 21.8 Å². The zero-order chi connectivity index (χ0) is 26.2. The van der Waals surface area contributed by atoms with Crippen LogP contribution in [-0.2, 0) is 14.8 Å². The molecule has 2 atom stereocenters. The quantitative estimate of drug-likeness (QED) is 0.424. The van der Waals surface area contributed by atoms with Crippen LogP contribution in [0.4, 0.5) is 13.9 Å². The molecule has 1 aromatic heterocycles. The Bertz CT molecular complexity index is 1360. The number of nitrogens with zero attached hydrogens (tertiary/aromatic N) is 4. The van der Waals surface area contributed by atoms with Crippen molar-refractivity contribution in [3.63, 3.8) is 0 Å². The molecule has 13 heteroatoms. The molecule has 202 valence electrons. The summed E-state index contributed by atoms with van der Waals surface area (Å²) in [6.45, 7) is 4.90. The van der Waals surface area contributed by atoms with Crippen molar-refractivity contribution in [2.24, 2.45) is 0 Å². The highest BCUT2D eigenvalue weighted by atomic mass is 35.5. The van der Waals surface area contributed by atoms with Crippen molar-refractivity contribution in [2.75, 3.05) is 45.2 Å². The normalized spacial score (nSPS) is 18.7. The van der Waals surface area contributed by atoms with Crippen LogP contribution >= 0.6 is 23.7 Å². The summed E-state index contributed by atoms with van der Waals surface area (Å²) in [5.74, 6) is -1.94. The molecule has 1 aliphatic heterocycles. The molecule has 0 radical (unpaired) electrons. The average molecular weight is 575 g/mol. The van der Waals surface area contributed by atoms with E-state index in [2.05, 4.69) is 4.98 Å². The number of amides is 1. The third-order valence-corrected chi connectivity index (χ3v) is 8.65. The minimum Gasteiger partial charge on any atom is -0.373 e. The molecule has 1 fully saturated rings. The van der Waals surface area contributed by atoms with Crippen molar-refractivity contribution < 1.29 is 26.7 Å². The summed E-state index contributed by atoms with van der Waals surface area (Å²) in [6.07, 6.45) is -0.441. The first-order valence-corrected chi connectivity index (χ1v) is 13.7. The second kappa shape index (κ2) is 11.7. The molecule has 4 rings (SSSR count). The molecular weight excluding hydrogens is 546 g/mol. The summed E-state index contributed by atoms with van der Waals surface area (Å²) in [7, 11) is -0.0556.